The van der Waals surface area contributed by atoms with Crippen LogP contribution in [0.5, 0.6) is 0 Å². The SMILES string of the molecule is Nc1c(-c2cc(Cc3ccc(COC4CCCCC4)cc3)no2)ccc[n+]1COP(=O)([O-])O. The van der Waals surface area contributed by atoms with Gasteiger partial charge in [0.15, 0.2) is 12.5 Å². The maximum Gasteiger partial charge on any atom is 0.285 e. The smallest absolute Gasteiger partial charge is 0.285 e. The van der Waals surface area contributed by atoms with Crippen molar-refractivity contribution in [3.05, 3.63) is 65.5 Å². The summed E-state index contributed by atoms with van der Waals surface area (Å²) in [6, 6.07) is 13.5. The van der Waals surface area contributed by atoms with Crippen molar-refractivity contribution >= 4 is 13.6 Å². The molecular weight excluding hydrogens is 445 g/mol. The van der Waals surface area contributed by atoms with E-state index in [0.29, 0.717) is 30.5 Å². The summed E-state index contributed by atoms with van der Waals surface area (Å²) in [6.45, 7) is 0.183. The molecule has 10 heteroatoms. The van der Waals surface area contributed by atoms with Crippen LogP contribution in [-0.4, -0.2) is 16.2 Å². The quantitative estimate of drug-likeness (QED) is 0.358. The van der Waals surface area contributed by atoms with Gasteiger partial charge < -0.3 is 19.0 Å². The van der Waals surface area contributed by atoms with Crippen molar-refractivity contribution in [3.63, 3.8) is 0 Å². The van der Waals surface area contributed by atoms with E-state index in [1.54, 1.807) is 18.2 Å². The van der Waals surface area contributed by atoms with Crippen LogP contribution in [0, 0.1) is 0 Å². The van der Waals surface area contributed by atoms with Crippen LogP contribution in [0.25, 0.3) is 11.3 Å². The Morgan fingerprint density at radius 1 is 1.18 bits per heavy atom. The maximum absolute atomic E-state index is 10.8. The molecule has 33 heavy (non-hydrogen) atoms. The number of ether oxygens (including phenoxy) is 1. The van der Waals surface area contributed by atoms with Crippen molar-refractivity contribution in [3.8, 4) is 11.3 Å². The molecule has 0 spiro atoms. The summed E-state index contributed by atoms with van der Waals surface area (Å²) in [6.07, 6.45) is 8.67. The molecule has 0 aliphatic heterocycles. The van der Waals surface area contributed by atoms with E-state index in [4.69, 9.17) is 19.9 Å². The van der Waals surface area contributed by atoms with Gasteiger partial charge in [0.25, 0.3) is 13.6 Å². The number of nitrogens with zero attached hydrogens (tertiary/aromatic N) is 2. The van der Waals surface area contributed by atoms with Crippen molar-refractivity contribution in [2.45, 2.75) is 58.0 Å². The van der Waals surface area contributed by atoms with Crippen LogP contribution < -0.4 is 15.2 Å². The summed E-state index contributed by atoms with van der Waals surface area (Å²) < 4.78 is 28.1. The number of nitrogens with two attached hydrogens (primary N) is 1. The van der Waals surface area contributed by atoms with Crippen molar-refractivity contribution in [2.24, 2.45) is 0 Å². The Morgan fingerprint density at radius 3 is 2.64 bits per heavy atom. The van der Waals surface area contributed by atoms with Crippen molar-refractivity contribution in [2.75, 3.05) is 5.73 Å². The van der Waals surface area contributed by atoms with Gasteiger partial charge in [0, 0.05) is 12.5 Å². The van der Waals surface area contributed by atoms with Gasteiger partial charge in [-0.15, -0.1) is 0 Å². The zero-order valence-electron chi connectivity index (χ0n) is 18.3. The molecule has 0 bridgehead atoms. The van der Waals surface area contributed by atoms with Gasteiger partial charge >= 0.3 is 0 Å². The zero-order chi connectivity index (χ0) is 23.3. The highest BCUT2D eigenvalue weighted by Crippen LogP contribution is 2.30. The van der Waals surface area contributed by atoms with Crippen LogP contribution in [0.2, 0.25) is 0 Å². The lowest BCUT2D eigenvalue weighted by Crippen LogP contribution is -2.38. The molecule has 176 valence electrons. The molecule has 2 heterocycles. The van der Waals surface area contributed by atoms with Gasteiger partial charge in [-0.3, -0.25) is 14.8 Å². The number of nitrogen functional groups attached to an aromatic ring is 1. The Labute approximate surface area is 192 Å². The second-order valence-electron chi connectivity index (χ2n) is 8.25. The number of anilines is 1. The second-order valence-corrected chi connectivity index (χ2v) is 9.45. The van der Waals surface area contributed by atoms with E-state index in [9.17, 15) is 9.46 Å². The molecule has 1 atom stereocenters. The summed E-state index contributed by atoms with van der Waals surface area (Å²) in [5.74, 6) is 0.666. The molecule has 1 fully saturated rings. The third-order valence-electron chi connectivity index (χ3n) is 5.74. The van der Waals surface area contributed by atoms with Crippen molar-refractivity contribution in [1.29, 1.82) is 0 Å². The lowest BCUT2D eigenvalue weighted by molar-refractivity contribution is -0.712. The molecule has 0 saturated heterocycles. The van der Waals surface area contributed by atoms with E-state index < -0.39 is 14.6 Å². The molecule has 1 aromatic carbocycles. The first-order valence-corrected chi connectivity index (χ1v) is 12.5. The molecule has 2 aromatic heterocycles. The summed E-state index contributed by atoms with van der Waals surface area (Å²) in [5.41, 5.74) is 9.63. The van der Waals surface area contributed by atoms with Gasteiger partial charge in [-0.2, -0.15) is 0 Å². The van der Waals surface area contributed by atoms with Crippen LogP contribution in [-0.2, 0) is 33.6 Å². The number of rotatable bonds is 9. The summed E-state index contributed by atoms with van der Waals surface area (Å²) in [5, 5.41) is 4.13. The summed E-state index contributed by atoms with van der Waals surface area (Å²) in [4.78, 5) is 19.6. The third-order valence-corrected chi connectivity index (χ3v) is 6.19. The van der Waals surface area contributed by atoms with E-state index >= 15 is 0 Å². The van der Waals surface area contributed by atoms with Crippen LogP contribution in [0.3, 0.4) is 0 Å². The Bertz CT molecular complexity index is 1110. The van der Waals surface area contributed by atoms with E-state index in [2.05, 4.69) is 33.9 Å². The molecule has 3 N–H and O–H groups in total. The van der Waals surface area contributed by atoms with Gasteiger partial charge in [-0.1, -0.05) is 48.7 Å². The van der Waals surface area contributed by atoms with Gasteiger partial charge in [-0.05, 0) is 36.1 Å². The molecule has 9 nitrogen and oxygen atoms in total. The fraction of sp³-hybridized carbons (Fsp3) is 0.391. The third kappa shape index (κ3) is 6.72. The highest BCUT2D eigenvalue weighted by molar-refractivity contribution is 7.44. The van der Waals surface area contributed by atoms with E-state index in [0.717, 1.165) is 29.7 Å². The molecule has 1 aliphatic carbocycles. The Morgan fingerprint density at radius 2 is 1.91 bits per heavy atom. The number of phosphoric ester groups is 1. The van der Waals surface area contributed by atoms with Gasteiger partial charge in [0.05, 0.1) is 24.6 Å². The van der Waals surface area contributed by atoms with Gasteiger partial charge in [-0.25, -0.2) is 4.57 Å². The molecule has 0 amide bonds. The monoisotopic (exact) mass is 473 g/mol. The molecule has 1 saturated carbocycles. The Hall–Kier alpha value is -2.55. The first-order valence-electron chi connectivity index (χ1n) is 11.0. The molecule has 0 radical (unpaired) electrons. The molecule has 1 unspecified atom stereocenters. The van der Waals surface area contributed by atoms with Crippen molar-refractivity contribution < 1.29 is 32.7 Å². The maximum atomic E-state index is 10.8. The van der Waals surface area contributed by atoms with E-state index in [1.165, 1.54) is 30.0 Å². The molecule has 1 aliphatic rings. The first kappa shape index (κ1) is 23.6. The Kier molecular flexibility index (Phi) is 7.57. The summed E-state index contributed by atoms with van der Waals surface area (Å²) >= 11 is 0. The largest absolute Gasteiger partial charge is 0.756 e. The normalized spacial score (nSPS) is 16.5. The molecular formula is C23H28N3O6P. The minimum absolute atomic E-state index is 0.218. The fourth-order valence-electron chi connectivity index (χ4n) is 3.95. The summed E-state index contributed by atoms with van der Waals surface area (Å²) in [7, 11) is -4.86. The standard InChI is InChI=1S/C23H28N3O6P/c24-23-21(7-4-12-26(23)16-31-33(27,28)29)22-14-19(25-32-22)13-17-8-10-18(11-9-17)15-30-20-5-2-1-3-6-20/h4,7-12,14,20,24H,1-3,5-6,13,15-16H2,(H2,27,28,29). The number of pyridine rings is 1. The van der Waals surface area contributed by atoms with Crippen LogP contribution in [0.1, 0.15) is 48.9 Å². The average Bonchev–Trinajstić information content (AvgIpc) is 3.26. The number of benzene rings is 1. The highest BCUT2D eigenvalue weighted by atomic mass is 31.2. The number of hydrogen-bond donors (Lipinski definition) is 2. The van der Waals surface area contributed by atoms with Gasteiger partial charge in [0.1, 0.15) is 5.56 Å². The van der Waals surface area contributed by atoms with E-state index in [1.807, 2.05) is 0 Å². The number of phosphoric acid groups is 1. The highest BCUT2D eigenvalue weighted by Gasteiger charge is 2.18. The minimum atomic E-state index is -4.86. The van der Waals surface area contributed by atoms with Crippen LogP contribution in [0.4, 0.5) is 5.82 Å². The molecule has 4 rings (SSSR count). The van der Waals surface area contributed by atoms with Gasteiger partial charge in [0.2, 0.25) is 0 Å². The van der Waals surface area contributed by atoms with Crippen molar-refractivity contribution in [1.82, 2.24) is 5.16 Å². The van der Waals surface area contributed by atoms with Crippen LogP contribution in [0.15, 0.2) is 53.2 Å². The van der Waals surface area contributed by atoms with Crippen LogP contribution >= 0.6 is 7.82 Å². The number of hydrogen-bond acceptors (Lipinski definition) is 7. The van der Waals surface area contributed by atoms with E-state index in [-0.39, 0.29) is 5.82 Å². The zero-order valence-corrected chi connectivity index (χ0v) is 19.2. The first-order chi connectivity index (χ1) is 15.9. The predicted molar refractivity (Wildman–Crippen MR) is 118 cm³/mol. The lowest BCUT2D eigenvalue weighted by Gasteiger charge is -2.22. The lowest BCUT2D eigenvalue weighted by atomic mass is 9.98. The minimum Gasteiger partial charge on any atom is -0.756 e. The predicted octanol–water partition coefficient (Wildman–Crippen LogP) is 3.09. The average molecular weight is 473 g/mol. The molecule has 3 aromatic rings. The number of aromatic nitrogens is 2. The topological polar surface area (TPSA) is 135 Å². The fourth-order valence-corrected chi connectivity index (χ4v) is 4.22. The Balaban J connectivity index is 1.37. The second kappa shape index (κ2) is 10.6.